The Morgan fingerprint density at radius 3 is 2.06 bits per heavy atom. The lowest BCUT2D eigenvalue weighted by molar-refractivity contribution is 0.692. The van der Waals surface area contributed by atoms with Crippen molar-refractivity contribution in [2.24, 2.45) is 5.73 Å². The molecule has 2 N–H and O–H groups in total. The number of nitrogens with zero attached hydrogens (tertiary/aromatic N) is 1. The minimum absolute atomic E-state index is 0.170. The van der Waals surface area contributed by atoms with Gasteiger partial charge in [-0.25, -0.2) is 0 Å². The van der Waals surface area contributed by atoms with Gasteiger partial charge in [0.15, 0.2) is 0 Å². The lowest BCUT2D eigenvalue weighted by Gasteiger charge is -2.27. The van der Waals surface area contributed by atoms with Gasteiger partial charge in [-0.3, -0.25) is 0 Å². The average Bonchev–Trinajstić information content (AvgIpc) is 2.29. The molecule has 0 radical (unpaired) electrons. The zero-order chi connectivity index (χ0) is 12.1. The minimum atomic E-state index is 0.170. The lowest BCUT2D eigenvalue weighted by atomic mass is 10.0. The Kier molecular flexibility index (Phi) is 4.81. The van der Waals surface area contributed by atoms with Gasteiger partial charge in [-0.15, -0.1) is 0 Å². The Balaban J connectivity index is 2.85. The second kappa shape index (κ2) is 5.90. The van der Waals surface area contributed by atoms with Crippen molar-refractivity contribution in [3.05, 3.63) is 29.8 Å². The zero-order valence-electron chi connectivity index (χ0n) is 10.9. The Morgan fingerprint density at radius 2 is 1.69 bits per heavy atom. The molecule has 1 atom stereocenters. The normalized spacial score (nSPS) is 12.9. The van der Waals surface area contributed by atoms with Crippen LogP contribution in [0.4, 0.5) is 5.69 Å². The third kappa shape index (κ3) is 2.99. The van der Waals surface area contributed by atoms with Crippen molar-refractivity contribution in [2.45, 2.75) is 46.2 Å². The molecule has 1 aromatic rings. The highest BCUT2D eigenvalue weighted by atomic mass is 15.1. The first kappa shape index (κ1) is 13.0. The molecule has 2 nitrogen and oxygen atoms in total. The second-order valence-corrected chi connectivity index (χ2v) is 4.49. The molecule has 0 aliphatic rings. The fourth-order valence-corrected chi connectivity index (χ4v) is 1.99. The van der Waals surface area contributed by atoms with Gasteiger partial charge in [0.25, 0.3) is 0 Å². The monoisotopic (exact) mass is 220 g/mol. The Hall–Kier alpha value is -1.02. The predicted molar refractivity (Wildman–Crippen MR) is 71.8 cm³/mol. The van der Waals surface area contributed by atoms with Crippen LogP contribution in [0.3, 0.4) is 0 Å². The number of nitrogens with two attached hydrogens (primary N) is 1. The molecule has 0 aromatic heterocycles. The van der Waals surface area contributed by atoms with Crippen molar-refractivity contribution in [2.75, 3.05) is 11.4 Å². The molecule has 0 aliphatic carbocycles. The molecule has 0 amide bonds. The molecule has 0 saturated heterocycles. The van der Waals surface area contributed by atoms with Gasteiger partial charge in [0.05, 0.1) is 0 Å². The van der Waals surface area contributed by atoms with E-state index in [1.54, 1.807) is 0 Å². The molecule has 0 heterocycles. The van der Waals surface area contributed by atoms with E-state index in [1.807, 2.05) is 0 Å². The van der Waals surface area contributed by atoms with Crippen LogP contribution in [-0.2, 0) is 0 Å². The first-order chi connectivity index (χ1) is 7.60. The standard InChI is InChI=1S/C14H24N2/c1-5-14(15)12-7-9-13(10-8-12)16(6-2)11(3)4/h7-11,14H,5-6,15H2,1-4H3. The molecular weight excluding hydrogens is 196 g/mol. The van der Waals surface area contributed by atoms with Gasteiger partial charge < -0.3 is 10.6 Å². The lowest BCUT2D eigenvalue weighted by Crippen LogP contribution is -2.30. The molecule has 1 unspecified atom stereocenters. The van der Waals surface area contributed by atoms with Crippen LogP contribution in [0.5, 0.6) is 0 Å². The maximum atomic E-state index is 6.00. The van der Waals surface area contributed by atoms with Crippen LogP contribution in [0, 0.1) is 0 Å². The molecular formula is C14H24N2. The molecule has 1 rings (SSSR count). The third-order valence-electron chi connectivity index (χ3n) is 3.06. The Bertz CT molecular complexity index is 303. The highest BCUT2D eigenvalue weighted by Gasteiger charge is 2.09. The summed E-state index contributed by atoms with van der Waals surface area (Å²) in [7, 11) is 0. The van der Waals surface area contributed by atoms with Crippen LogP contribution in [0.2, 0.25) is 0 Å². The largest absolute Gasteiger partial charge is 0.369 e. The van der Waals surface area contributed by atoms with E-state index in [0.29, 0.717) is 6.04 Å². The number of hydrogen-bond donors (Lipinski definition) is 1. The highest BCUT2D eigenvalue weighted by Crippen LogP contribution is 2.21. The Labute approximate surface area is 99.5 Å². The van der Waals surface area contributed by atoms with E-state index in [-0.39, 0.29) is 6.04 Å². The average molecular weight is 220 g/mol. The van der Waals surface area contributed by atoms with Gasteiger partial charge in [-0.2, -0.15) is 0 Å². The van der Waals surface area contributed by atoms with Crippen LogP contribution in [-0.4, -0.2) is 12.6 Å². The van der Waals surface area contributed by atoms with E-state index >= 15 is 0 Å². The van der Waals surface area contributed by atoms with Gasteiger partial charge in [-0.1, -0.05) is 19.1 Å². The number of rotatable bonds is 5. The molecule has 0 bridgehead atoms. The molecule has 0 saturated carbocycles. The maximum Gasteiger partial charge on any atom is 0.0368 e. The smallest absolute Gasteiger partial charge is 0.0368 e. The molecule has 90 valence electrons. The summed E-state index contributed by atoms with van der Waals surface area (Å²) in [5.41, 5.74) is 8.51. The first-order valence-electron chi connectivity index (χ1n) is 6.22. The molecule has 0 aliphatic heterocycles. The summed E-state index contributed by atoms with van der Waals surface area (Å²) in [6.45, 7) is 9.78. The Morgan fingerprint density at radius 1 is 1.12 bits per heavy atom. The van der Waals surface area contributed by atoms with E-state index < -0.39 is 0 Å². The second-order valence-electron chi connectivity index (χ2n) is 4.49. The van der Waals surface area contributed by atoms with E-state index in [9.17, 15) is 0 Å². The minimum Gasteiger partial charge on any atom is -0.369 e. The van der Waals surface area contributed by atoms with Crippen molar-refractivity contribution < 1.29 is 0 Å². The van der Waals surface area contributed by atoms with E-state index in [2.05, 4.69) is 56.9 Å². The van der Waals surface area contributed by atoms with Gasteiger partial charge in [0.2, 0.25) is 0 Å². The molecule has 1 aromatic carbocycles. The predicted octanol–water partition coefficient (Wildman–Crippen LogP) is 3.33. The van der Waals surface area contributed by atoms with Gasteiger partial charge in [-0.05, 0) is 44.9 Å². The van der Waals surface area contributed by atoms with Gasteiger partial charge in [0, 0.05) is 24.3 Å². The summed E-state index contributed by atoms with van der Waals surface area (Å²) in [6.07, 6.45) is 0.987. The topological polar surface area (TPSA) is 29.3 Å². The van der Waals surface area contributed by atoms with Crippen LogP contribution >= 0.6 is 0 Å². The van der Waals surface area contributed by atoms with Crippen LogP contribution in [0.1, 0.15) is 45.7 Å². The zero-order valence-corrected chi connectivity index (χ0v) is 10.9. The van der Waals surface area contributed by atoms with E-state index in [0.717, 1.165) is 13.0 Å². The van der Waals surface area contributed by atoms with Gasteiger partial charge >= 0.3 is 0 Å². The molecule has 0 spiro atoms. The van der Waals surface area contributed by atoms with Crippen molar-refractivity contribution in [3.63, 3.8) is 0 Å². The number of hydrogen-bond acceptors (Lipinski definition) is 2. The molecule has 16 heavy (non-hydrogen) atoms. The van der Waals surface area contributed by atoms with Crippen molar-refractivity contribution in [1.29, 1.82) is 0 Å². The maximum absolute atomic E-state index is 6.00. The number of anilines is 1. The fourth-order valence-electron chi connectivity index (χ4n) is 1.99. The van der Waals surface area contributed by atoms with Crippen molar-refractivity contribution >= 4 is 5.69 Å². The third-order valence-corrected chi connectivity index (χ3v) is 3.06. The number of benzene rings is 1. The summed E-state index contributed by atoms with van der Waals surface area (Å²) in [5, 5.41) is 0. The van der Waals surface area contributed by atoms with Crippen LogP contribution in [0.25, 0.3) is 0 Å². The summed E-state index contributed by atoms with van der Waals surface area (Å²) >= 11 is 0. The van der Waals surface area contributed by atoms with Crippen LogP contribution in [0.15, 0.2) is 24.3 Å². The molecule has 2 heteroatoms. The quantitative estimate of drug-likeness (QED) is 0.824. The molecule has 0 fully saturated rings. The highest BCUT2D eigenvalue weighted by molar-refractivity contribution is 5.48. The fraction of sp³-hybridized carbons (Fsp3) is 0.571. The summed E-state index contributed by atoms with van der Waals surface area (Å²) < 4.78 is 0. The summed E-state index contributed by atoms with van der Waals surface area (Å²) in [6, 6.07) is 9.35. The first-order valence-corrected chi connectivity index (χ1v) is 6.22. The SMILES string of the molecule is CCC(N)c1ccc(N(CC)C(C)C)cc1. The summed E-state index contributed by atoms with van der Waals surface area (Å²) in [5.74, 6) is 0. The van der Waals surface area contributed by atoms with Crippen LogP contribution < -0.4 is 10.6 Å². The van der Waals surface area contributed by atoms with Crippen molar-refractivity contribution in [3.8, 4) is 0 Å². The van der Waals surface area contributed by atoms with Gasteiger partial charge in [0.1, 0.15) is 0 Å². The van der Waals surface area contributed by atoms with E-state index in [1.165, 1.54) is 11.3 Å². The van der Waals surface area contributed by atoms with E-state index in [4.69, 9.17) is 5.73 Å². The van der Waals surface area contributed by atoms with Crippen molar-refractivity contribution in [1.82, 2.24) is 0 Å². The summed E-state index contributed by atoms with van der Waals surface area (Å²) in [4.78, 5) is 2.38.